The smallest absolute Gasteiger partial charge is 0.00575 e. The van der Waals surface area contributed by atoms with Gasteiger partial charge in [-0.25, -0.2) is 0 Å². The van der Waals surface area contributed by atoms with Crippen molar-refractivity contribution in [3.05, 3.63) is 0 Å². The molecule has 0 aromatic carbocycles. The second-order valence-electron chi connectivity index (χ2n) is 1.45. The zero-order valence-electron chi connectivity index (χ0n) is 5.34. The Morgan fingerprint density at radius 3 is 1.62 bits per heavy atom. The molecular formula is C5H10NW2-. The molecule has 0 radical (unpaired) electrons. The molecule has 0 atom stereocenters. The van der Waals surface area contributed by atoms with Crippen LogP contribution in [0.4, 0.5) is 0 Å². The molecule has 0 spiro atoms. The first-order chi connectivity index (χ1) is 2.77. The molecule has 48 valence electrons. The zero-order chi connectivity index (χ0) is 4.99. The molecule has 0 aliphatic rings. The van der Waals surface area contributed by atoms with Crippen molar-refractivity contribution in [1.29, 1.82) is 0 Å². The summed E-state index contributed by atoms with van der Waals surface area (Å²) >= 11 is 0. The Kier molecular flexibility index (Phi) is 21.9. The first kappa shape index (κ1) is 16.0. The third kappa shape index (κ3) is 15.7. The molecule has 0 N–H and O–H groups in total. The van der Waals surface area contributed by atoms with Crippen LogP contribution in [-0.2, 0) is 42.1 Å². The molecule has 0 rings (SSSR count). The molecule has 1 nitrogen and oxygen atoms in total. The summed E-state index contributed by atoms with van der Waals surface area (Å²) in [6.07, 6.45) is 2.69. The molecule has 8 heavy (non-hydrogen) atoms. The molecule has 0 aliphatic heterocycles. The Hall–Kier alpha value is 1.05. The fraction of sp³-hybridized carbons (Fsp3) is 0.800. The maximum atomic E-state index is 3.88. The van der Waals surface area contributed by atoms with Crippen molar-refractivity contribution in [2.45, 2.75) is 26.8 Å². The summed E-state index contributed by atoms with van der Waals surface area (Å²) in [6.45, 7) is 5.85. The van der Waals surface area contributed by atoms with Crippen molar-refractivity contribution >= 4 is 6.21 Å². The van der Waals surface area contributed by atoms with Gasteiger partial charge < -0.3 is 11.2 Å². The Balaban J connectivity index is -0.000000125. The van der Waals surface area contributed by atoms with Crippen LogP contribution in [0.5, 0.6) is 0 Å². The Morgan fingerprint density at radius 2 is 1.62 bits per heavy atom. The van der Waals surface area contributed by atoms with Gasteiger partial charge in [0.15, 0.2) is 0 Å². The Bertz CT molecular complexity index is 52.4. The number of hydrogen-bond acceptors (Lipinski definition) is 1. The van der Waals surface area contributed by atoms with E-state index in [1.165, 1.54) is 0 Å². The quantitative estimate of drug-likeness (QED) is 0.422. The van der Waals surface area contributed by atoms with Crippen LogP contribution < -0.4 is 0 Å². The molecular weight excluding hydrogens is 442 g/mol. The molecule has 0 unspecified atom stereocenters. The van der Waals surface area contributed by atoms with Gasteiger partial charge in [0.05, 0.1) is 0 Å². The minimum absolute atomic E-state index is 0. The summed E-state index contributed by atoms with van der Waals surface area (Å²) in [5.74, 6) is 0. The van der Waals surface area contributed by atoms with Crippen LogP contribution in [0.3, 0.4) is 0 Å². The molecule has 0 aliphatic carbocycles. The number of rotatable bonds is 1. The van der Waals surface area contributed by atoms with Gasteiger partial charge in [0.1, 0.15) is 0 Å². The maximum absolute atomic E-state index is 3.88. The van der Waals surface area contributed by atoms with Gasteiger partial charge in [0.25, 0.3) is 0 Å². The van der Waals surface area contributed by atoms with E-state index in [0.29, 0.717) is 6.04 Å². The predicted molar refractivity (Wildman–Crippen MR) is 28.2 cm³/mol. The fourth-order valence-electron chi connectivity index (χ4n) is 0.258. The van der Waals surface area contributed by atoms with E-state index in [-0.39, 0.29) is 42.1 Å². The van der Waals surface area contributed by atoms with Gasteiger partial charge in [-0.2, -0.15) is 6.92 Å². The van der Waals surface area contributed by atoms with Crippen LogP contribution >= 0.6 is 0 Å². The van der Waals surface area contributed by atoms with Crippen molar-refractivity contribution in [1.82, 2.24) is 0 Å². The van der Waals surface area contributed by atoms with Crippen molar-refractivity contribution < 1.29 is 42.1 Å². The Morgan fingerprint density at radius 1 is 1.25 bits per heavy atom. The third-order valence-electron chi connectivity index (χ3n) is 0.387. The average Bonchev–Trinajstić information content (AvgIpc) is 1.35. The van der Waals surface area contributed by atoms with Gasteiger partial charge in [0, 0.05) is 48.2 Å². The second kappa shape index (κ2) is 10.9. The minimum Gasteiger partial charge on any atom is -0.501 e. The van der Waals surface area contributed by atoms with Gasteiger partial charge in [-0.15, -0.1) is 0 Å². The van der Waals surface area contributed by atoms with Gasteiger partial charge in [-0.1, -0.05) is 0 Å². The van der Waals surface area contributed by atoms with Gasteiger partial charge in [0.2, 0.25) is 0 Å². The second-order valence-corrected chi connectivity index (χ2v) is 1.45. The summed E-state index contributed by atoms with van der Waals surface area (Å²) in [6, 6.07) is 0.412. The maximum Gasteiger partial charge on any atom is 0.00575 e. The molecule has 0 saturated heterocycles. The van der Waals surface area contributed by atoms with Crippen LogP contribution in [0.15, 0.2) is 4.99 Å². The van der Waals surface area contributed by atoms with E-state index in [2.05, 4.69) is 11.2 Å². The molecule has 0 aromatic rings. The third-order valence-corrected chi connectivity index (χ3v) is 0.387. The standard InChI is InChI=1S/C5H10N.2W/c1-4-6-5(2)3;;/h5H,1-3H3;;/q-1;;. The first-order valence-corrected chi connectivity index (χ1v) is 2.14. The minimum atomic E-state index is 0. The normalized spacial score (nSPS) is 8.50. The van der Waals surface area contributed by atoms with E-state index in [9.17, 15) is 0 Å². The number of hydrogen-bond donors (Lipinski definition) is 0. The topological polar surface area (TPSA) is 12.4 Å². The molecule has 0 bridgehead atoms. The van der Waals surface area contributed by atoms with E-state index >= 15 is 0 Å². The molecule has 0 aromatic heterocycles. The van der Waals surface area contributed by atoms with Crippen molar-refractivity contribution in [3.63, 3.8) is 0 Å². The predicted octanol–water partition coefficient (Wildman–Crippen LogP) is 1.36. The van der Waals surface area contributed by atoms with E-state index in [1.807, 2.05) is 13.8 Å². The van der Waals surface area contributed by atoms with Crippen LogP contribution in [0.1, 0.15) is 20.8 Å². The van der Waals surface area contributed by atoms with Crippen molar-refractivity contribution in [2.24, 2.45) is 4.99 Å². The molecule has 3 heteroatoms. The molecule has 0 fully saturated rings. The summed E-state index contributed by atoms with van der Waals surface area (Å²) in [4.78, 5) is 3.88. The molecule has 0 amide bonds. The first-order valence-electron chi connectivity index (χ1n) is 2.14. The van der Waals surface area contributed by atoms with Crippen LogP contribution in [0.2, 0.25) is 0 Å². The van der Waals surface area contributed by atoms with E-state index < -0.39 is 0 Å². The largest absolute Gasteiger partial charge is 0.501 e. The summed E-state index contributed by atoms with van der Waals surface area (Å²) in [5, 5.41) is 0. The average molecular weight is 452 g/mol. The van der Waals surface area contributed by atoms with Crippen molar-refractivity contribution in [3.8, 4) is 0 Å². The van der Waals surface area contributed by atoms with Gasteiger partial charge >= 0.3 is 0 Å². The van der Waals surface area contributed by atoms with Crippen LogP contribution in [0, 0.1) is 0 Å². The van der Waals surface area contributed by atoms with Gasteiger partial charge in [-0.05, 0) is 13.8 Å². The summed E-state index contributed by atoms with van der Waals surface area (Å²) in [5.41, 5.74) is 0. The van der Waals surface area contributed by atoms with E-state index in [1.54, 1.807) is 6.92 Å². The van der Waals surface area contributed by atoms with Crippen LogP contribution in [-0.4, -0.2) is 12.3 Å². The van der Waals surface area contributed by atoms with E-state index in [0.717, 1.165) is 0 Å². The summed E-state index contributed by atoms with van der Waals surface area (Å²) < 4.78 is 0. The summed E-state index contributed by atoms with van der Waals surface area (Å²) in [7, 11) is 0. The molecule has 0 heterocycles. The molecule has 0 saturated carbocycles. The zero-order valence-corrected chi connectivity index (χ0v) is 11.2. The van der Waals surface area contributed by atoms with Crippen LogP contribution in [0.25, 0.3) is 0 Å². The fourth-order valence-corrected chi connectivity index (χ4v) is 0.258. The van der Waals surface area contributed by atoms with Gasteiger partial charge in [-0.3, -0.25) is 0 Å². The van der Waals surface area contributed by atoms with Crippen molar-refractivity contribution in [2.75, 3.05) is 0 Å². The number of aliphatic imine (C=N–C) groups is 1. The number of nitrogens with zero attached hydrogens (tertiary/aromatic N) is 1. The monoisotopic (exact) mass is 452 g/mol. The SMILES string of the molecule is C[C-]=NC(C)C.[W].[W]. The Labute approximate surface area is 79.9 Å². The van der Waals surface area contributed by atoms with E-state index in [4.69, 9.17) is 0 Å².